The van der Waals surface area contributed by atoms with Crippen molar-refractivity contribution in [2.24, 2.45) is 0 Å². The molecule has 148 valence electrons. The van der Waals surface area contributed by atoms with E-state index in [9.17, 15) is 13.2 Å². The van der Waals surface area contributed by atoms with E-state index in [2.05, 4.69) is 20.7 Å². The second-order valence-corrected chi connectivity index (χ2v) is 9.74. The number of nitrogens with one attached hydrogen (secondary N) is 1. The lowest BCUT2D eigenvalue weighted by atomic mass is 9.83. The maximum Gasteiger partial charge on any atom is 0.327 e. The Morgan fingerprint density at radius 1 is 1.07 bits per heavy atom. The highest BCUT2D eigenvalue weighted by molar-refractivity contribution is 9.10. The Bertz CT molecular complexity index is 1160. The molecule has 1 heterocycles. The average molecular weight is 466 g/mol. The second-order valence-electron chi connectivity index (χ2n) is 7.14. The molecule has 0 bridgehead atoms. The van der Waals surface area contributed by atoms with Crippen LogP contribution in [0.15, 0.2) is 50.2 Å². The zero-order valence-corrected chi connectivity index (χ0v) is 17.7. The van der Waals surface area contributed by atoms with Gasteiger partial charge in [0.2, 0.25) is 10.0 Å². The summed E-state index contributed by atoms with van der Waals surface area (Å²) >= 11 is 3.44. The summed E-state index contributed by atoms with van der Waals surface area (Å²) in [5.41, 5.74) is -0.0507. The molecule has 0 atom stereocenters. The van der Waals surface area contributed by atoms with E-state index < -0.39 is 21.5 Å². The Hall–Kier alpha value is -1.90. The van der Waals surface area contributed by atoms with Gasteiger partial charge in [-0.05, 0) is 43.2 Å². The van der Waals surface area contributed by atoms with Crippen LogP contribution in [0.4, 0.5) is 0 Å². The van der Waals surface area contributed by atoms with Gasteiger partial charge in [-0.1, -0.05) is 35.2 Å². The van der Waals surface area contributed by atoms with Crippen LogP contribution in [0.3, 0.4) is 0 Å². The van der Waals surface area contributed by atoms with Crippen molar-refractivity contribution < 1.29 is 22.4 Å². The summed E-state index contributed by atoms with van der Waals surface area (Å²) in [6.45, 7) is 0. The highest BCUT2D eigenvalue weighted by atomic mass is 79.9. The van der Waals surface area contributed by atoms with Crippen molar-refractivity contribution in [2.75, 3.05) is 7.11 Å². The average Bonchev–Trinajstić information content (AvgIpc) is 3.04. The number of carbonyl (C=O) groups is 1. The second kappa shape index (κ2) is 7.17. The van der Waals surface area contributed by atoms with Crippen molar-refractivity contribution >= 4 is 53.9 Å². The van der Waals surface area contributed by atoms with Crippen LogP contribution in [0.2, 0.25) is 0 Å². The zero-order valence-electron chi connectivity index (χ0n) is 15.3. The summed E-state index contributed by atoms with van der Waals surface area (Å²) in [4.78, 5) is 12.4. The van der Waals surface area contributed by atoms with Crippen molar-refractivity contribution in [3.8, 4) is 0 Å². The van der Waals surface area contributed by atoms with Crippen LogP contribution in [0.25, 0.3) is 21.9 Å². The van der Waals surface area contributed by atoms with Crippen LogP contribution in [0, 0.1) is 0 Å². The maximum atomic E-state index is 13.1. The van der Waals surface area contributed by atoms with Crippen molar-refractivity contribution in [3.63, 3.8) is 0 Å². The van der Waals surface area contributed by atoms with E-state index >= 15 is 0 Å². The molecule has 0 aliphatic heterocycles. The summed E-state index contributed by atoms with van der Waals surface area (Å²) in [5, 5.41) is 1.73. The number of fused-ring (bicyclic) bond motifs is 3. The van der Waals surface area contributed by atoms with Crippen LogP contribution in [0.1, 0.15) is 32.1 Å². The van der Waals surface area contributed by atoms with Gasteiger partial charge in [-0.15, -0.1) is 0 Å². The fourth-order valence-electron chi connectivity index (χ4n) is 3.91. The quantitative estimate of drug-likeness (QED) is 0.573. The minimum atomic E-state index is -3.93. The van der Waals surface area contributed by atoms with Crippen molar-refractivity contribution in [2.45, 2.75) is 42.5 Å². The van der Waals surface area contributed by atoms with Crippen molar-refractivity contribution in [3.05, 3.63) is 40.9 Å². The SMILES string of the molecule is COC(=O)C1(NS(=O)(=O)c2ccc3c(c2)oc2ccc(Br)cc23)CCCCC1. The van der Waals surface area contributed by atoms with Gasteiger partial charge in [-0.25, -0.2) is 8.42 Å². The van der Waals surface area contributed by atoms with Crippen molar-refractivity contribution in [1.82, 2.24) is 4.72 Å². The third kappa shape index (κ3) is 3.33. The van der Waals surface area contributed by atoms with Crippen molar-refractivity contribution in [1.29, 1.82) is 0 Å². The first-order valence-electron chi connectivity index (χ1n) is 9.09. The summed E-state index contributed by atoms with van der Waals surface area (Å²) in [6.07, 6.45) is 3.38. The molecule has 8 heteroatoms. The van der Waals surface area contributed by atoms with Crippen LogP contribution < -0.4 is 4.72 Å². The molecule has 0 unspecified atom stereocenters. The Labute approximate surface area is 171 Å². The highest BCUT2D eigenvalue weighted by Gasteiger charge is 2.44. The summed E-state index contributed by atoms with van der Waals surface area (Å²) in [5.74, 6) is -0.537. The van der Waals surface area contributed by atoms with E-state index in [4.69, 9.17) is 9.15 Å². The summed E-state index contributed by atoms with van der Waals surface area (Å²) < 4.78 is 40.4. The van der Waals surface area contributed by atoms with E-state index in [0.717, 1.165) is 34.5 Å². The Kier molecular flexibility index (Phi) is 4.97. The predicted molar refractivity (Wildman–Crippen MR) is 110 cm³/mol. The predicted octanol–water partition coefficient (Wildman–Crippen LogP) is 4.50. The van der Waals surface area contributed by atoms with E-state index in [1.807, 2.05) is 18.2 Å². The van der Waals surface area contributed by atoms with Gasteiger partial charge in [0.1, 0.15) is 16.7 Å². The number of rotatable bonds is 4. The molecule has 1 fully saturated rings. The number of carbonyl (C=O) groups excluding carboxylic acids is 1. The number of esters is 1. The Morgan fingerprint density at radius 2 is 1.82 bits per heavy atom. The standard InChI is InChI=1S/C20H20BrNO5S/c1-26-19(23)20(9-3-2-4-10-20)22-28(24,25)14-6-7-15-16-11-13(21)5-8-17(16)27-18(15)12-14/h5-8,11-12,22H,2-4,9-10H2,1H3. The molecular weight excluding hydrogens is 446 g/mol. The van der Waals surface area contributed by atoms with Gasteiger partial charge in [0, 0.05) is 21.3 Å². The Balaban J connectivity index is 1.75. The maximum absolute atomic E-state index is 13.1. The number of benzene rings is 2. The lowest BCUT2D eigenvalue weighted by Gasteiger charge is -2.34. The van der Waals surface area contributed by atoms with Crippen LogP contribution in [-0.2, 0) is 19.6 Å². The van der Waals surface area contributed by atoms with E-state index in [-0.39, 0.29) is 4.90 Å². The first kappa shape index (κ1) is 19.4. The monoisotopic (exact) mass is 465 g/mol. The number of sulfonamides is 1. The summed E-state index contributed by atoms with van der Waals surface area (Å²) in [7, 11) is -2.65. The third-order valence-electron chi connectivity index (χ3n) is 5.33. The minimum Gasteiger partial charge on any atom is -0.468 e. The lowest BCUT2D eigenvalue weighted by molar-refractivity contribution is -0.149. The molecule has 0 saturated heterocycles. The van der Waals surface area contributed by atoms with E-state index in [0.29, 0.717) is 24.0 Å². The first-order chi connectivity index (χ1) is 13.3. The third-order valence-corrected chi connectivity index (χ3v) is 7.36. The molecule has 0 amide bonds. The molecule has 1 aliphatic carbocycles. The molecule has 1 aromatic heterocycles. The number of hydrogen-bond donors (Lipinski definition) is 1. The van der Waals surface area contributed by atoms with Gasteiger partial charge in [0.25, 0.3) is 0 Å². The molecule has 0 radical (unpaired) electrons. The molecule has 1 N–H and O–H groups in total. The molecule has 3 aromatic rings. The van der Waals surface area contributed by atoms with Gasteiger partial charge in [0.05, 0.1) is 12.0 Å². The normalized spacial score (nSPS) is 17.1. The van der Waals surface area contributed by atoms with Gasteiger partial charge in [-0.2, -0.15) is 4.72 Å². The Morgan fingerprint density at radius 3 is 2.54 bits per heavy atom. The largest absolute Gasteiger partial charge is 0.468 e. The molecule has 4 rings (SSSR count). The van der Waals surface area contributed by atoms with Gasteiger partial charge in [0.15, 0.2) is 0 Å². The van der Waals surface area contributed by atoms with E-state index in [1.54, 1.807) is 6.07 Å². The van der Waals surface area contributed by atoms with Gasteiger partial charge >= 0.3 is 5.97 Å². The molecule has 6 nitrogen and oxygen atoms in total. The van der Waals surface area contributed by atoms with Crippen LogP contribution in [0.5, 0.6) is 0 Å². The molecule has 0 spiro atoms. The van der Waals surface area contributed by atoms with Crippen LogP contribution >= 0.6 is 15.9 Å². The highest BCUT2D eigenvalue weighted by Crippen LogP contribution is 2.34. The lowest BCUT2D eigenvalue weighted by Crippen LogP contribution is -2.55. The molecule has 1 aliphatic rings. The number of hydrogen-bond acceptors (Lipinski definition) is 5. The molecule has 1 saturated carbocycles. The van der Waals surface area contributed by atoms with Gasteiger partial charge < -0.3 is 9.15 Å². The fraction of sp³-hybridized carbons (Fsp3) is 0.350. The van der Waals surface area contributed by atoms with Crippen LogP contribution in [-0.4, -0.2) is 27.0 Å². The molecule has 28 heavy (non-hydrogen) atoms. The van der Waals surface area contributed by atoms with E-state index in [1.165, 1.54) is 19.2 Å². The number of halogens is 1. The minimum absolute atomic E-state index is 0.0620. The smallest absolute Gasteiger partial charge is 0.327 e. The topological polar surface area (TPSA) is 85.6 Å². The number of ether oxygens (including phenoxy) is 1. The number of methoxy groups -OCH3 is 1. The molecule has 2 aromatic carbocycles. The first-order valence-corrected chi connectivity index (χ1v) is 11.4. The van der Waals surface area contributed by atoms with Gasteiger partial charge in [-0.3, -0.25) is 4.79 Å². The number of furan rings is 1. The zero-order chi connectivity index (χ0) is 19.9. The summed E-state index contributed by atoms with van der Waals surface area (Å²) in [6, 6.07) is 10.4. The molecular formula is C20H20BrNO5S. The fourth-order valence-corrected chi connectivity index (χ4v) is 5.70.